The van der Waals surface area contributed by atoms with E-state index >= 15 is 0 Å². The topological polar surface area (TPSA) is 118 Å². The predicted octanol–water partition coefficient (Wildman–Crippen LogP) is 4.19. The van der Waals surface area contributed by atoms with Crippen LogP contribution in [0, 0.1) is 34.0 Å². The maximum absolute atomic E-state index is 13.4. The number of fused-ring (bicyclic) bond motifs is 4. The van der Waals surface area contributed by atoms with Gasteiger partial charge in [0.1, 0.15) is 12.7 Å². The van der Waals surface area contributed by atoms with Gasteiger partial charge in [-0.25, -0.2) is 9.59 Å². The third-order valence-corrected chi connectivity index (χ3v) is 12.4. The van der Waals surface area contributed by atoms with Crippen molar-refractivity contribution in [3.05, 3.63) is 64.8 Å². The Bertz CT molecular complexity index is 1510. The maximum atomic E-state index is 13.4. The van der Waals surface area contributed by atoms with Gasteiger partial charge < -0.3 is 28.8 Å². The third-order valence-electron chi connectivity index (χ3n) is 12.4. The van der Waals surface area contributed by atoms with Gasteiger partial charge in [-0.05, 0) is 42.6 Å². The molecule has 0 unspecified atom stereocenters. The Labute approximate surface area is 263 Å². The van der Waals surface area contributed by atoms with Crippen LogP contribution in [0.25, 0.3) is 6.08 Å². The fourth-order valence-electron chi connectivity index (χ4n) is 10.4. The summed E-state index contributed by atoms with van der Waals surface area (Å²) in [6, 6.07) is 9.51. The van der Waals surface area contributed by atoms with Crippen LogP contribution >= 0.6 is 0 Å². The highest BCUT2D eigenvalue weighted by atomic mass is 16.6. The summed E-state index contributed by atoms with van der Waals surface area (Å²) >= 11 is 0. The quantitative estimate of drug-likeness (QED) is 0.217. The Kier molecular flexibility index (Phi) is 7.19. The lowest BCUT2D eigenvalue weighted by Crippen LogP contribution is -2.70. The normalized spacial score (nSPS) is 43.1. The number of ether oxygens (including phenoxy) is 5. The Morgan fingerprint density at radius 2 is 1.89 bits per heavy atom. The molecule has 3 heterocycles. The molecule has 9 nitrogen and oxygen atoms in total. The Morgan fingerprint density at radius 1 is 1.13 bits per heavy atom. The molecule has 45 heavy (non-hydrogen) atoms. The van der Waals surface area contributed by atoms with Crippen LogP contribution in [0.1, 0.15) is 52.5 Å². The molecule has 240 valence electrons. The highest BCUT2D eigenvalue weighted by Gasteiger charge is 2.78. The van der Waals surface area contributed by atoms with E-state index in [2.05, 4.69) is 20.8 Å². The molecule has 11 atom stereocenters. The van der Waals surface area contributed by atoms with Gasteiger partial charge in [-0.2, -0.15) is 0 Å². The Balaban J connectivity index is 1.34. The van der Waals surface area contributed by atoms with Gasteiger partial charge in [0.15, 0.2) is 0 Å². The second kappa shape index (κ2) is 10.6. The molecule has 9 heteroatoms. The van der Waals surface area contributed by atoms with Gasteiger partial charge in [0.2, 0.25) is 0 Å². The summed E-state index contributed by atoms with van der Waals surface area (Å²) in [5, 5.41) is 11.6. The monoisotopic (exact) mass is 618 g/mol. The molecule has 4 fully saturated rings. The van der Waals surface area contributed by atoms with E-state index < -0.39 is 46.6 Å². The zero-order valence-electron chi connectivity index (χ0n) is 26.5. The van der Waals surface area contributed by atoms with Gasteiger partial charge in [-0.1, -0.05) is 56.7 Å². The van der Waals surface area contributed by atoms with Crippen LogP contribution in [-0.4, -0.2) is 73.9 Å². The van der Waals surface area contributed by atoms with Crippen LogP contribution in [0.4, 0.5) is 0 Å². The first kappa shape index (κ1) is 30.4. The molecule has 3 aliphatic carbocycles. The average Bonchev–Trinajstić information content (AvgIpc) is 3.76. The molecule has 1 aromatic rings. The number of aliphatic hydroxyl groups excluding tert-OH is 1. The minimum Gasteiger partial charge on any atom is -0.469 e. The molecule has 2 saturated carbocycles. The molecule has 0 radical (unpaired) electrons. The van der Waals surface area contributed by atoms with Crippen LogP contribution in [0.2, 0.25) is 0 Å². The second-order valence-electron chi connectivity index (χ2n) is 14.3. The Hall–Kier alpha value is -3.27. The molecular formula is C36H42O9. The smallest absolute Gasteiger partial charge is 0.334 e. The number of cyclic esters (lactones) is 1. The number of aliphatic hydroxyl groups is 1. The van der Waals surface area contributed by atoms with Crippen molar-refractivity contribution in [1.82, 2.24) is 0 Å². The minimum absolute atomic E-state index is 0.0750. The molecule has 6 aliphatic rings. The number of hydrogen-bond acceptors (Lipinski definition) is 9. The number of allylic oxidation sites excluding steroid dienone is 1. The molecule has 1 aromatic carbocycles. The molecule has 1 N–H and O–H groups in total. The van der Waals surface area contributed by atoms with Crippen molar-refractivity contribution in [3.63, 3.8) is 0 Å². The lowest BCUT2D eigenvalue weighted by atomic mass is 9.40. The number of hydrogen-bond donors (Lipinski definition) is 1. The minimum atomic E-state index is -0.792. The first-order valence-corrected chi connectivity index (χ1v) is 16.0. The van der Waals surface area contributed by atoms with Gasteiger partial charge in [-0.15, -0.1) is 0 Å². The van der Waals surface area contributed by atoms with Crippen molar-refractivity contribution in [2.45, 2.75) is 77.5 Å². The molecule has 3 aliphatic heterocycles. The van der Waals surface area contributed by atoms with E-state index in [4.69, 9.17) is 23.7 Å². The summed E-state index contributed by atoms with van der Waals surface area (Å²) in [7, 11) is 1.39. The van der Waals surface area contributed by atoms with Gasteiger partial charge in [0, 0.05) is 52.6 Å². The van der Waals surface area contributed by atoms with E-state index in [0.29, 0.717) is 18.6 Å². The largest absolute Gasteiger partial charge is 0.469 e. The lowest BCUT2D eigenvalue weighted by Gasteiger charge is -2.65. The zero-order valence-corrected chi connectivity index (χ0v) is 26.5. The first-order valence-electron chi connectivity index (χ1n) is 16.0. The van der Waals surface area contributed by atoms with E-state index in [1.807, 2.05) is 43.3 Å². The van der Waals surface area contributed by atoms with Crippen molar-refractivity contribution in [2.24, 2.45) is 34.0 Å². The SMILES string of the molecule is COC(=O)C[C@@H]1[C@]2(C)C3=C(C)[C@H](C4=CCOC4=O)C[C@H]3O[C@@H]2[C@@H]2OC[C@]3(C)[C@H](O)C[C@H](OC(=O)/C=C/c4ccccc4)[C@@]1(C)[C@@H]23. The number of carbonyl (C=O) groups excluding carboxylic acids is 3. The van der Waals surface area contributed by atoms with Crippen molar-refractivity contribution >= 4 is 24.0 Å². The fourth-order valence-corrected chi connectivity index (χ4v) is 10.4. The third kappa shape index (κ3) is 4.26. The fraction of sp³-hybridized carbons (Fsp3) is 0.583. The number of methoxy groups -OCH3 is 1. The summed E-state index contributed by atoms with van der Waals surface area (Å²) in [5.74, 6) is -1.95. The highest BCUT2D eigenvalue weighted by molar-refractivity contribution is 5.92. The zero-order chi connectivity index (χ0) is 31.9. The molecule has 0 spiro atoms. The van der Waals surface area contributed by atoms with E-state index in [9.17, 15) is 19.5 Å². The molecule has 7 rings (SSSR count). The van der Waals surface area contributed by atoms with Gasteiger partial charge >= 0.3 is 17.9 Å². The van der Waals surface area contributed by atoms with Gasteiger partial charge in [0.05, 0.1) is 38.1 Å². The number of rotatable bonds is 6. The van der Waals surface area contributed by atoms with Gasteiger partial charge in [0.25, 0.3) is 0 Å². The summed E-state index contributed by atoms with van der Waals surface area (Å²) < 4.78 is 30.4. The van der Waals surface area contributed by atoms with Crippen LogP contribution in [0.3, 0.4) is 0 Å². The Morgan fingerprint density at radius 3 is 2.58 bits per heavy atom. The van der Waals surface area contributed by atoms with Gasteiger partial charge in [-0.3, -0.25) is 4.79 Å². The molecule has 0 aromatic heterocycles. The highest BCUT2D eigenvalue weighted by Crippen LogP contribution is 2.73. The van der Waals surface area contributed by atoms with E-state index in [0.717, 1.165) is 16.7 Å². The first-order chi connectivity index (χ1) is 21.4. The van der Waals surface area contributed by atoms with Crippen LogP contribution in [-0.2, 0) is 38.1 Å². The van der Waals surface area contributed by atoms with Crippen molar-refractivity contribution < 1.29 is 43.2 Å². The molecule has 0 amide bonds. The van der Waals surface area contributed by atoms with E-state index in [1.54, 1.807) is 6.08 Å². The standard InChI is InChI=1S/C36H42O9/c1-19-22(21-13-14-42-33(21)40)15-23-29(19)36(4)24(16-28(39)41-5)35(3)26(45-27(38)12-11-20-9-7-6-8-10-20)17-25(37)34(2)18-43-30(31(34)35)32(36)44-23/h6-13,22-26,30-32,37H,14-18H2,1-5H3/b12-11+/t22-,23-,24+,25-,26+,30-,31+,32-,34-,35+,36-/m1/s1. The average molecular weight is 619 g/mol. The molecule has 0 bridgehead atoms. The van der Waals surface area contributed by atoms with Crippen LogP contribution < -0.4 is 0 Å². The van der Waals surface area contributed by atoms with Crippen LogP contribution in [0.5, 0.6) is 0 Å². The predicted molar refractivity (Wildman–Crippen MR) is 162 cm³/mol. The number of carbonyl (C=O) groups is 3. The summed E-state index contributed by atoms with van der Waals surface area (Å²) in [6.45, 7) is 8.95. The van der Waals surface area contributed by atoms with Crippen molar-refractivity contribution in [3.8, 4) is 0 Å². The number of benzene rings is 1. The summed E-state index contributed by atoms with van der Waals surface area (Å²) in [5.41, 5.74) is 1.54. The molecule has 2 saturated heterocycles. The second-order valence-corrected chi connectivity index (χ2v) is 14.3. The van der Waals surface area contributed by atoms with Crippen molar-refractivity contribution in [1.29, 1.82) is 0 Å². The van der Waals surface area contributed by atoms with E-state index in [-0.39, 0.29) is 55.2 Å². The number of esters is 3. The van der Waals surface area contributed by atoms with Crippen molar-refractivity contribution in [2.75, 3.05) is 20.3 Å². The summed E-state index contributed by atoms with van der Waals surface area (Å²) in [4.78, 5) is 39.3. The van der Waals surface area contributed by atoms with Crippen LogP contribution in [0.15, 0.2) is 59.2 Å². The summed E-state index contributed by atoms with van der Waals surface area (Å²) in [6.07, 6.45) is 3.33. The lowest BCUT2D eigenvalue weighted by molar-refractivity contribution is -0.248. The molecular weight excluding hydrogens is 576 g/mol. The van der Waals surface area contributed by atoms with E-state index in [1.165, 1.54) is 13.2 Å². The maximum Gasteiger partial charge on any atom is 0.334 e.